The third-order valence-corrected chi connectivity index (χ3v) is 5.16. The van der Waals surface area contributed by atoms with Crippen molar-refractivity contribution < 1.29 is 0 Å². The summed E-state index contributed by atoms with van der Waals surface area (Å²) in [7, 11) is 0. The molecule has 0 spiro atoms. The van der Waals surface area contributed by atoms with E-state index in [4.69, 9.17) is 0 Å². The van der Waals surface area contributed by atoms with Gasteiger partial charge in [0.25, 0.3) is 0 Å². The predicted molar refractivity (Wildman–Crippen MR) is 90.9 cm³/mol. The normalized spacial score (nSPS) is 20.0. The number of hydrogen-bond acceptors (Lipinski definition) is 2. The second-order valence-electron chi connectivity index (χ2n) is 6.99. The molecule has 1 aliphatic carbocycles. The fraction of sp³-hybridized carbons (Fsp3) is 0.684. The molecule has 1 saturated carbocycles. The van der Waals surface area contributed by atoms with Crippen LogP contribution in [0.3, 0.4) is 0 Å². The number of hydrogen-bond donors (Lipinski definition) is 1. The molecule has 0 bridgehead atoms. The predicted octanol–water partition coefficient (Wildman–Crippen LogP) is 4.26. The van der Waals surface area contributed by atoms with Crippen molar-refractivity contribution in [3.8, 4) is 0 Å². The maximum absolute atomic E-state index is 3.62. The summed E-state index contributed by atoms with van der Waals surface area (Å²) in [6, 6.07) is 7.85. The van der Waals surface area contributed by atoms with Crippen molar-refractivity contribution in [2.45, 2.75) is 65.0 Å². The third kappa shape index (κ3) is 4.00. The number of anilines is 1. The van der Waals surface area contributed by atoms with E-state index in [-0.39, 0.29) is 0 Å². The van der Waals surface area contributed by atoms with Crippen LogP contribution in [0.4, 0.5) is 5.69 Å². The Balaban J connectivity index is 1.57. The fourth-order valence-electron chi connectivity index (χ4n) is 3.50. The Labute approximate surface area is 129 Å². The minimum Gasteiger partial charge on any atom is -0.372 e. The Morgan fingerprint density at radius 2 is 1.90 bits per heavy atom. The second kappa shape index (κ2) is 6.83. The molecule has 1 aromatic carbocycles. The molecule has 0 unspecified atom stereocenters. The molecule has 2 heteroatoms. The van der Waals surface area contributed by atoms with Crippen molar-refractivity contribution in [1.29, 1.82) is 0 Å². The van der Waals surface area contributed by atoms with Gasteiger partial charge in [-0.15, -0.1) is 0 Å². The highest BCUT2D eigenvalue weighted by molar-refractivity contribution is 5.51. The maximum atomic E-state index is 3.62. The molecule has 0 amide bonds. The van der Waals surface area contributed by atoms with Gasteiger partial charge in [-0.3, -0.25) is 0 Å². The minimum absolute atomic E-state index is 0.793. The van der Waals surface area contributed by atoms with Gasteiger partial charge in [-0.25, -0.2) is 0 Å². The van der Waals surface area contributed by atoms with Crippen LogP contribution in [0.25, 0.3) is 0 Å². The van der Waals surface area contributed by atoms with E-state index in [1.165, 1.54) is 68.4 Å². The summed E-state index contributed by atoms with van der Waals surface area (Å²) in [5, 5.41) is 3.62. The Morgan fingerprint density at radius 3 is 2.52 bits per heavy atom. The quantitative estimate of drug-likeness (QED) is 0.840. The fourth-order valence-corrected chi connectivity index (χ4v) is 3.50. The lowest BCUT2D eigenvalue weighted by Crippen LogP contribution is -2.33. The summed E-state index contributed by atoms with van der Waals surface area (Å²) >= 11 is 0. The Kier molecular flexibility index (Phi) is 4.84. The zero-order chi connectivity index (χ0) is 14.7. The summed E-state index contributed by atoms with van der Waals surface area (Å²) < 4.78 is 0. The molecule has 2 fully saturated rings. The van der Waals surface area contributed by atoms with E-state index < -0.39 is 0 Å². The molecule has 1 aromatic rings. The zero-order valence-corrected chi connectivity index (χ0v) is 13.7. The van der Waals surface area contributed by atoms with Crippen LogP contribution in [0.1, 0.15) is 56.6 Å². The topological polar surface area (TPSA) is 15.3 Å². The molecule has 1 N–H and O–H groups in total. The molecule has 0 atom stereocenters. The number of aryl methyl sites for hydroxylation is 1. The van der Waals surface area contributed by atoms with Crippen molar-refractivity contribution >= 4 is 5.69 Å². The molecule has 2 nitrogen and oxygen atoms in total. The summed E-state index contributed by atoms with van der Waals surface area (Å²) in [6.07, 6.45) is 8.23. The second-order valence-corrected chi connectivity index (χ2v) is 6.99. The number of rotatable bonds is 6. The molecule has 0 aromatic heterocycles. The number of benzene rings is 1. The molecule has 1 saturated heterocycles. The van der Waals surface area contributed by atoms with Crippen LogP contribution in [0, 0.1) is 12.8 Å². The molecule has 3 rings (SSSR count). The largest absolute Gasteiger partial charge is 0.372 e. The molecule has 2 aliphatic rings. The Morgan fingerprint density at radius 1 is 1.14 bits per heavy atom. The number of piperidine rings is 1. The minimum atomic E-state index is 0.793. The van der Waals surface area contributed by atoms with E-state index in [0.29, 0.717) is 0 Å². The van der Waals surface area contributed by atoms with Crippen molar-refractivity contribution in [3.63, 3.8) is 0 Å². The van der Waals surface area contributed by atoms with Crippen molar-refractivity contribution in [3.05, 3.63) is 29.3 Å². The number of nitrogens with zero attached hydrogens (tertiary/aromatic N) is 1. The van der Waals surface area contributed by atoms with E-state index in [2.05, 4.69) is 42.3 Å². The van der Waals surface area contributed by atoms with E-state index in [1.54, 1.807) is 0 Å². The van der Waals surface area contributed by atoms with Gasteiger partial charge in [0, 0.05) is 31.4 Å². The van der Waals surface area contributed by atoms with Gasteiger partial charge in [-0.05, 0) is 61.8 Å². The first kappa shape index (κ1) is 14.9. The van der Waals surface area contributed by atoms with Gasteiger partial charge < -0.3 is 10.2 Å². The monoisotopic (exact) mass is 286 g/mol. The molecular weight excluding hydrogens is 256 g/mol. The van der Waals surface area contributed by atoms with E-state index in [1.807, 2.05) is 0 Å². The van der Waals surface area contributed by atoms with Gasteiger partial charge in [-0.1, -0.05) is 25.8 Å². The highest BCUT2D eigenvalue weighted by Gasteiger charge is 2.21. The van der Waals surface area contributed by atoms with Crippen molar-refractivity contribution in [1.82, 2.24) is 5.32 Å². The third-order valence-electron chi connectivity index (χ3n) is 5.16. The Bertz CT molecular complexity index is 457. The van der Waals surface area contributed by atoms with Crippen LogP contribution >= 0.6 is 0 Å². The van der Waals surface area contributed by atoms with Crippen LogP contribution in [-0.4, -0.2) is 19.1 Å². The lowest BCUT2D eigenvalue weighted by atomic mass is 9.92. The molecule has 116 valence electrons. The van der Waals surface area contributed by atoms with Crippen molar-refractivity contribution in [2.75, 3.05) is 18.0 Å². The average molecular weight is 286 g/mol. The summed E-state index contributed by atoms with van der Waals surface area (Å²) in [5.74, 6) is 0.967. The van der Waals surface area contributed by atoms with E-state index in [9.17, 15) is 0 Å². The molecule has 0 radical (unpaired) electrons. The summed E-state index contributed by atoms with van der Waals surface area (Å²) in [4.78, 5) is 2.58. The van der Waals surface area contributed by atoms with Gasteiger partial charge in [-0.2, -0.15) is 0 Å². The van der Waals surface area contributed by atoms with Crippen LogP contribution in [0.15, 0.2) is 18.2 Å². The van der Waals surface area contributed by atoms with Gasteiger partial charge >= 0.3 is 0 Å². The summed E-state index contributed by atoms with van der Waals surface area (Å²) in [5.41, 5.74) is 4.33. The van der Waals surface area contributed by atoms with Gasteiger partial charge in [0.05, 0.1) is 0 Å². The first-order valence-corrected chi connectivity index (χ1v) is 8.84. The van der Waals surface area contributed by atoms with Gasteiger partial charge in [0.2, 0.25) is 0 Å². The lowest BCUT2D eigenvalue weighted by molar-refractivity contribution is 0.378. The molecule has 1 heterocycles. The maximum Gasteiger partial charge on any atom is 0.0369 e. The van der Waals surface area contributed by atoms with Crippen molar-refractivity contribution in [2.24, 2.45) is 5.92 Å². The molecular formula is C19H30N2. The molecule has 1 aliphatic heterocycles. The van der Waals surface area contributed by atoms with Crippen LogP contribution < -0.4 is 10.2 Å². The van der Waals surface area contributed by atoms with E-state index in [0.717, 1.165) is 18.5 Å². The SMILES string of the molecule is CCCC1CCN(c2ccc(CNC3CC3)c(C)c2)CC1. The smallest absolute Gasteiger partial charge is 0.0369 e. The lowest BCUT2D eigenvalue weighted by Gasteiger charge is -2.34. The zero-order valence-electron chi connectivity index (χ0n) is 13.7. The van der Waals surface area contributed by atoms with E-state index >= 15 is 0 Å². The summed E-state index contributed by atoms with van der Waals surface area (Å²) in [6.45, 7) is 8.09. The average Bonchev–Trinajstić information content (AvgIpc) is 3.31. The highest BCUT2D eigenvalue weighted by Crippen LogP contribution is 2.27. The standard InChI is InChI=1S/C19H30N2/c1-3-4-16-9-11-21(12-10-16)19-8-5-17(15(2)13-19)14-20-18-6-7-18/h5,8,13,16,18,20H,3-4,6-7,9-12,14H2,1-2H3. The highest BCUT2D eigenvalue weighted by atomic mass is 15.1. The Hall–Kier alpha value is -1.02. The van der Waals surface area contributed by atoms with Crippen LogP contribution in [0.2, 0.25) is 0 Å². The first-order valence-electron chi connectivity index (χ1n) is 8.84. The van der Waals surface area contributed by atoms with Crippen LogP contribution in [-0.2, 0) is 6.54 Å². The van der Waals surface area contributed by atoms with Gasteiger partial charge in [0.1, 0.15) is 0 Å². The number of nitrogens with one attached hydrogen (secondary N) is 1. The van der Waals surface area contributed by atoms with Crippen LogP contribution in [0.5, 0.6) is 0 Å². The van der Waals surface area contributed by atoms with Gasteiger partial charge in [0.15, 0.2) is 0 Å². The molecule has 21 heavy (non-hydrogen) atoms. The first-order chi connectivity index (χ1) is 10.3.